The maximum atomic E-state index is 12.1. The first-order valence-electron chi connectivity index (χ1n) is 5.60. The van der Waals surface area contributed by atoms with Gasteiger partial charge in [0.2, 0.25) is 5.91 Å². The number of nitrogens with zero attached hydrogens (tertiary/aromatic N) is 1. The number of imide groups is 1. The molecule has 0 bridgehead atoms. The number of carbonyl (C=O) groups is 2. The zero-order valence-electron chi connectivity index (χ0n) is 9.73. The van der Waals surface area contributed by atoms with Crippen LogP contribution in [0.5, 0.6) is 0 Å². The summed E-state index contributed by atoms with van der Waals surface area (Å²) in [5, 5.41) is 3.54. The van der Waals surface area contributed by atoms with Crippen LogP contribution in [0.15, 0.2) is 36.9 Å². The zero-order valence-corrected chi connectivity index (χ0v) is 10.5. The highest BCUT2D eigenvalue weighted by Crippen LogP contribution is 2.24. The van der Waals surface area contributed by atoms with Crippen molar-refractivity contribution in [1.29, 1.82) is 0 Å². The van der Waals surface area contributed by atoms with E-state index in [9.17, 15) is 9.59 Å². The molecule has 1 aromatic carbocycles. The zero-order chi connectivity index (χ0) is 13.1. The minimum atomic E-state index is -0.467. The van der Waals surface area contributed by atoms with Gasteiger partial charge >= 0.3 is 0 Å². The Morgan fingerprint density at radius 2 is 2.06 bits per heavy atom. The first kappa shape index (κ1) is 12.8. The molecule has 0 saturated carbocycles. The number of benzene rings is 1. The van der Waals surface area contributed by atoms with Crippen molar-refractivity contribution >= 4 is 29.1 Å². The van der Waals surface area contributed by atoms with E-state index in [0.717, 1.165) is 0 Å². The second-order valence-electron chi connectivity index (χ2n) is 4.00. The molecule has 1 aliphatic heterocycles. The molecular weight excluding hydrogens is 252 g/mol. The third-order valence-electron chi connectivity index (χ3n) is 2.74. The molecule has 0 radical (unpaired) electrons. The Balaban J connectivity index is 2.18. The summed E-state index contributed by atoms with van der Waals surface area (Å²) in [5.41, 5.74) is 0.553. The van der Waals surface area contributed by atoms with E-state index in [2.05, 4.69) is 11.9 Å². The van der Waals surface area contributed by atoms with Gasteiger partial charge in [0, 0.05) is 11.6 Å². The van der Waals surface area contributed by atoms with Crippen LogP contribution in [0.25, 0.3) is 0 Å². The molecule has 94 valence electrons. The monoisotopic (exact) mass is 264 g/mol. The van der Waals surface area contributed by atoms with Gasteiger partial charge in [-0.05, 0) is 24.3 Å². The van der Waals surface area contributed by atoms with Crippen LogP contribution in [0.1, 0.15) is 6.42 Å². The number of amides is 2. The van der Waals surface area contributed by atoms with Crippen LogP contribution in [0.2, 0.25) is 5.02 Å². The topological polar surface area (TPSA) is 49.4 Å². The fourth-order valence-corrected chi connectivity index (χ4v) is 2.00. The fraction of sp³-hybridized carbons (Fsp3) is 0.231. The van der Waals surface area contributed by atoms with Gasteiger partial charge < -0.3 is 5.32 Å². The van der Waals surface area contributed by atoms with Gasteiger partial charge in [-0.2, -0.15) is 0 Å². The number of hydrogen-bond acceptors (Lipinski definition) is 3. The average molecular weight is 265 g/mol. The minimum Gasteiger partial charge on any atom is -0.302 e. The summed E-state index contributed by atoms with van der Waals surface area (Å²) in [4.78, 5) is 25.1. The van der Waals surface area contributed by atoms with E-state index >= 15 is 0 Å². The van der Waals surface area contributed by atoms with E-state index in [0.29, 0.717) is 17.3 Å². The lowest BCUT2D eigenvalue weighted by molar-refractivity contribution is -0.121. The van der Waals surface area contributed by atoms with Crippen LogP contribution in [0.4, 0.5) is 5.69 Å². The van der Waals surface area contributed by atoms with E-state index < -0.39 is 6.04 Å². The lowest BCUT2D eigenvalue weighted by Crippen LogP contribution is -2.38. The molecule has 1 aromatic rings. The molecule has 5 heteroatoms. The number of halogens is 1. The number of anilines is 1. The fourth-order valence-electron chi connectivity index (χ4n) is 1.88. The highest BCUT2D eigenvalue weighted by atomic mass is 35.5. The Kier molecular flexibility index (Phi) is 3.79. The Bertz CT molecular complexity index is 484. The average Bonchev–Trinajstić information content (AvgIpc) is 2.63. The first-order valence-corrected chi connectivity index (χ1v) is 5.98. The van der Waals surface area contributed by atoms with E-state index in [-0.39, 0.29) is 18.2 Å². The number of hydrogen-bond donors (Lipinski definition) is 1. The lowest BCUT2D eigenvalue weighted by atomic mass is 10.2. The molecule has 2 rings (SSSR count). The van der Waals surface area contributed by atoms with Crippen molar-refractivity contribution in [2.45, 2.75) is 12.5 Å². The van der Waals surface area contributed by atoms with Crippen LogP contribution in [-0.4, -0.2) is 24.4 Å². The summed E-state index contributed by atoms with van der Waals surface area (Å²) < 4.78 is 0. The van der Waals surface area contributed by atoms with Crippen LogP contribution in [-0.2, 0) is 9.59 Å². The maximum absolute atomic E-state index is 12.1. The van der Waals surface area contributed by atoms with Crippen LogP contribution >= 0.6 is 11.6 Å². The largest absolute Gasteiger partial charge is 0.302 e. The van der Waals surface area contributed by atoms with Crippen LogP contribution in [0, 0.1) is 0 Å². The van der Waals surface area contributed by atoms with E-state index in [1.165, 1.54) is 4.90 Å². The van der Waals surface area contributed by atoms with Gasteiger partial charge in [0.15, 0.2) is 0 Å². The second kappa shape index (κ2) is 5.33. The lowest BCUT2D eigenvalue weighted by Gasteiger charge is -2.15. The predicted molar refractivity (Wildman–Crippen MR) is 70.5 cm³/mol. The third kappa shape index (κ3) is 2.44. The third-order valence-corrected chi connectivity index (χ3v) is 2.99. The van der Waals surface area contributed by atoms with Gasteiger partial charge in [-0.15, -0.1) is 6.58 Å². The molecule has 1 unspecified atom stereocenters. The van der Waals surface area contributed by atoms with Gasteiger partial charge in [-0.25, -0.2) is 4.90 Å². The van der Waals surface area contributed by atoms with Crippen molar-refractivity contribution in [3.63, 3.8) is 0 Å². The van der Waals surface area contributed by atoms with Crippen molar-refractivity contribution in [1.82, 2.24) is 5.32 Å². The summed E-state index contributed by atoms with van der Waals surface area (Å²) in [6, 6.07) is 6.16. The Hall–Kier alpha value is -1.65. The van der Waals surface area contributed by atoms with Gasteiger partial charge in [0.05, 0.1) is 18.2 Å². The molecule has 1 fully saturated rings. The van der Waals surface area contributed by atoms with Crippen molar-refractivity contribution in [2.75, 3.05) is 11.4 Å². The summed E-state index contributed by atoms with van der Waals surface area (Å²) in [6.45, 7) is 4.06. The summed E-state index contributed by atoms with van der Waals surface area (Å²) in [5.74, 6) is -0.437. The van der Waals surface area contributed by atoms with E-state index in [4.69, 9.17) is 11.6 Å². The molecule has 4 nitrogen and oxygen atoms in total. The van der Waals surface area contributed by atoms with Gasteiger partial charge in [0.1, 0.15) is 0 Å². The highest BCUT2D eigenvalue weighted by Gasteiger charge is 2.38. The molecule has 0 spiro atoms. The summed E-state index contributed by atoms with van der Waals surface area (Å²) >= 11 is 5.78. The molecule has 1 saturated heterocycles. The summed E-state index contributed by atoms with van der Waals surface area (Å²) in [7, 11) is 0. The van der Waals surface area contributed by atoms with Crippen molar-refractivity contribution in [2.24, 2.45) is 0 Å². The van der Waals surface area contributed by atoms with Gasteiger partial charge in [-0.3, -0.25) is 9.59 Å². The second-order valence-corrected chi connectivity index (χ2v) is 4.43. The molecule has 1 atom stereocenters. The van der Waals surface area contributed by atoms with Gasteiger partial charge in [-0.1, -0.05) is 17.7 Å². The molecule has 1 heterocycles. The van der Waals surface area contributed by atoms with Gasteiger partial charge in [0.25, 0.3) is 5.91 Å². The smallest absolute Gasteiger partial charge is 0.251 e. The van der Waals surface area contributed by atoms with Crippen LogP contribution < -0.4 is 10.2 Å². The van der Waals surface area contributed by atoms with Crippen LogP contribution in [0.3, 0.4) is 0 Å². The molecular formula is C13H13ClN2O2. The Labute approximate surface area is 110 Å². The number of nitrogens with one attached hydrogen (secondary N) is 1. The van der Waals surface area contributed by atoms with Crippen molar-refractivity contribution < 1.29 is 9.59 Å². The predicted octanol–water partition coefficient (Wildman–Crippen LogP) is 1.75. The SMILES string of the molecule is C=CCNC1CC(=O)N(c2ccc(Cl)cc2)C1=O. The normalized spacial score (nSPS) is 19.4. The molecule has 1 aliphatic rings. The Morgan fingerprint density at radius 1 is 1.39 bits per heavy atom. The Morgan fingerprint density at radius 3 is 2.67 bits per heavy atom. The quantitative estimate of drug-likeness (QED) is 0.666. The summed E-state index contributed by atoms with van der Waals surface area (Å²) in [6.07, 6.45) is 1.83. The van der Waals surface area contributed by atoms with E-state index in [1.54, 1.807) is 30.3 Å². The van der Waals surface area contributed by atoms with Crippen molar-refractivity contribution in [3.8, 4) is 0 Å². The number of rotatable bonds is 4. The molecule has 1 N–H and O–H groups in total. The number of carbonyl (C=O) groups excluding carboxylic acids is 2. The first-order chi connectivity index (χ1) is 8.63. The molecule has 0 aromatic heterocycles. The molecule has 0 aliphatic carbocycles. The highest BCUT2D eigenvalue weighted by molar-refractivity contribution is 6.30. The maximum Gasteiger partial charge on any atom is 0.251 e. The molecule has 18 heavy (non-hydrogen) atoms. The van der Waals surface area contributed by atoms with Crippen molar-refractivity contribution in [3.05, 3.63) is 41.9 Å². The molecule has 2 amide bonds. The standard InChI is InChI=1S/C13H13ClN2O2/c1-2-7-15-11-8-12(17)16(13(11)18)10-5-3-9(14)4-6-10/h2-6,11,15H,1,7-8H2. The van der Waals surface area contributed by atoms with E-state index in [1.807, 2.05) is 0 Å². The minimum absolute atomic E-state index is 0.176.